The Morgan fingerprint density at radius 3 is 2.80 bits per heavy atom. The molecule has 4 heteroatoms. The van der Waals surface area contributed by atoms with Gasteiger partial charge in [0.15, 0.2) is 5.78 Å². The first-order valence-corrected chi connectivity index (χ1v) is 6.81. The van der Waals surface area contributed by atoms with Crippen molar-refractivity contribution in [2.75, 3.05) is 0 Å². The number of carbonyl (C=O) groups excluding carboxylic acids is 1. The molecule has 2 nitrogen and oxygen atoms in total. The van der Waals surface area contributed by atoms with Crippen LogP contribution in [0.1, 0.15) is 27.0 Å². The van der Waals surface area contributed by atoms with Gasteiger partial charge in [0.25, 0.3) is 0 Å². The second-order valence-corrected chi connectivity index (χ2v) is 5.33. The Balaban J connectivity index is 1.84. The van der Waals surface area contributed by atoms with Crippen molar-refractivity contribution in [3.63, 3.8) is 0 Å². The van der Waals surface area contributed by atoms with E-state index in [-0.39, 0.29) is 18.0 Å². The fourth-order valence-corrected chi connectivity index (χ4v) is 2.61. The molecular formula is C16H13ClFNO. The fraction of sp³-hybridized carbons (Fsp3) is 0.188. The molecule has 0 aromatic heterocycles. The van der Waals surface area contributed by atoms with Gasteiger partial charge < -0.3 is 5.32 Å². The molecule has 2 aromatic rings. The van der Waals surface area contributed by atoms with Gasteiger partial charge in [-0.25, -0.2) is 4.39 Å². The van der Waals surface area contributed by atoms with Crippen molar-refractivity contribution in [3.05, 3.63) is 69.5 Å². The second-order valence-electron chi connectivity index (χ2n) is 4.92. The molecule has 1 aliphatic heterocycles. The molecule has 102 valence electrons. The van der Waals surface area contributed by atoms with Crippen LogP contribution in [-0.4, -0.2) is 5.78 Å². The molecule has 0 atom stereocenters. The molecule has 0 amide bonds. The minimum absolute atomic E-state index is 0.0489. The van der Waals surface area contributed by atoms with Crippen molar-refractivity contribution < 1.29 is 9.18 Å². The number of nitrogens with one attached hydrogen (secondary N) is 1. The lowest BCUT2D eigenvalue weighted by Crippen LogP contribution is -2.05. The molecule has 0 unspecified atom stereocenters. The molecule has 0 radical (unpaired) electrons. The quantitative estimate of drug-likeness (QED) is 0.876. The summed E-state index contributed by atoms with van der Waals surface area (Å²) in [5, 5.41) is 3.66. The van der Waals surface area contributed by atoms with Crippen molar-refractivity contribution in [3.8, 4) is 0 Å². The smallest absolute Gasteiger partial charge is 0.167 e. The molecule has 2 aromatic carbocycles. The zero-order chi connectivity index (χ0) is 14.1. The molecule has 3 rings (SSSR count). The maximum Gasteiger partial charge on any atom is 0.167 e. The number of hydrogen-bond acceptors (Lipinski definition) is 2. The topological polar surface area (TPSA) is 29.1 Å². The fourth-order valence-electron chi connectivity index (χ4n) is 2.42. The van der Waals surface area contributed by atoms with Gasteiger partial charge >= 0.3 is 0 Å². The van der Waals surface area contributed by atoms with Gasteiger partial charge in [-0.2, -0.15) is 0 Å². The molecule has 0 saturated carbocycles. The maximum atomic E-state index is 13.2. The number of rotatable bonds is 3. The third-order valence-corrected chi connectivity index (χ3v) is 3.89. The summed E-state index contributed by atoms with van der Waals surface area (Å²) in [6.07, 6.45) is 0.114. The maximum absolute atomic E-state index is 13.2. The Bertz CT molecular complexity index is 684. The van der Waals surface area contributed by atoms with E-state index in [0.717, 1.165) is 18.7 Å². The first-order chi connectivity index (χ1) is 9.63. The molecule has 20 heavy (non-hydrogen) atoms. The van der Waals surface area contributed by atoms with Gasteiger partial charge in [-0.1, -0.05) is 23.7 Å². The highest BCUT2D eigenvalue weighted by Crippen LogP contribution is 2.21. The van der Waals surface area contributed by atoms with Gasteiger partial charge in [-0.15, -0.1) is 0 Å². The number of fused-ring (bicyclic) bond motifs is 1. The van der Waals surface area contributed by atoms with Gasteiger partial charge in [0.2, 0.25) is 0 Å². The van der Waals surface area contributed by atoms with Crippen molar-refractivity contribution in [1.82, 2.24) is 5.32 Å². The van der Waals surface area contributed by atoms with Gasteiger partial charge in [-0.05, 0) is 41.0 Å². The number of ketones is 1. The highest BCUT2D eigenvalue weighted by Gasteiger charge is 2.15. The third kappa shape index (κ3) is 2.60. The van der Waals surface area contributed by atoms with Crippen LogP contribution >= 0.6 is 11.6 Å². The van der Waals surface area contributed by atoms with E-state index in [1.165, 1.54) is 23.8 Å². The summed E-state index contributed by atoms with van der Waals surface area (Å²) in [6, 6.07) is 9.78. The van der Waals surface area contributed by atoms with Crippen LogP contribution in [0.4, 0.5) is 4.39 Å². The van der Waals surface area contributed by atoms with Crippen molar-refractivity contribution in [2.24, 2.45) is 0 Å². The average molecular weight is 290 g/mol. The lowest BCUT2D eigenvalue weighted by Gasteiger charge is -2.06. The predicted octanol–water partition coefficient (Wildman–Crippen LogP) is 3.51. The van der Waals surface area contributed by atoms with E-state index in [1.54, 1.807) is 0 Å². The minimum Gasteiger partial charge on any atom is -0.309 e. The Hall–Kier alpha value is -1.71. The summed E-state index contributed by atoms with van der Waals surface area (Å²) in [5.74, 6) is -0.428. The van der Waals surface area contributed by atoms with Crippen molar-refractivity contribution in [2.45, 2.75) is 19.5 Å². The number of halogens is 2. The number of carbonyl (C=O) groups is 1. The zero-order valence-electron chi connectivity index (χ0n) is 10.7. The van der Waals surface area contributed by atoms with Crippen LogP contribution in [0.2, 0.25) is 5.02 Å². The van der Waals surface area contributed by atoms with E-state index < -0.39 is 0 Å². The van der Waals surface area contributed by atoms with E-state index in [0.29, 0.717) is 16.1 Å². The number of benzene rings is 2. The summed E-state index contributed by atoms with van der Waals surface area (Å²) >= 11 is 5.99. The van der Waals surface area contributed by atoms with Crippen LogP contribution in [0.15, 0.2) is 36.4 Å². The van der Waals surface area contributed by atoms with E-state index in [1.807, 2.05) is 18.2 Å². The van der Waals surface area contributed by atoms with Crippen molar-refractivity contribution in [1.29, 1.82) is 0 Å². The molecule has 0 spiro atoms. The SMILES string of the molecule is O=C(Cc1cc(F)ccc1Cl)c1ccc2c(c1)CNC2. The van der Waals surface area contributed by atoms with E-state index in [2.05, 4.69) is 5.32 Å². The monoisotopic (exact) mass is 289 g/mol. The average Bonchev–Trinajstić information content (AvgIpc) is 2.90. The summed E-state index contributed by atoms with van der Waals surface area (Å²) in [6.45, 7) is 1.64. The van der Waals surface area contributed by atoms with E-state index in [4.69, 9.17) is 11.6 Å². The summed E-state index contributed by atoms with van der Waals surface area (Å²) in [4.78, 5) is 12.3. The number of hydrogen-bond donors (Lipinski definition) is 1. The molecular weight excluding hydrogens is 277 g/mol. The Kier molecular flexibility index (Phi) is 3.55. The van der Waals surface area contributed by atoms with Crippen molar-refractivity contribution >= 4 is 17.4 Å². The Morgan fingerprint density at radius 1 is 1.15 bits per heavy atom. The molecule has 0 fully saturated rings. The number of Topliss-reactive ketones (excluding diaryl/α,β-unsaturated/α-hetero) is 1. The summed E-state index contributed by atoms with van der Waals surface area (Å²) < 4.78 is 13.2. The Labute approximate surface area is 121 Å². The minimum atomic E-state index is -0.379. The molecule has 1 aliphatic rings. The third-order valence-electron chi connectivity index (χ3n) is 3.52. The summed E-state index contributed by atoms with van der Waals surface area (Å²) in [5.41, 5.74) is 3.55. The van der Waals surface area contributed by atoms with Gasteiger partial charge in [0.05, 0.1) is 0 Å². The van der Waals surface area contributed by atoms with Gasteiger partial charge in [-0.3, -0.25) is 4.79 Å². The zero-order valence-corrected chi connectivity index (χ0v) is 11.5. The molecule has 0 saturated heterocycles. The molecule has 1 heterocycles. The lowest BCUT2D eigenvalue weighted by molar-refractivity contribution is 0.0993. The Morgan fingerprint density at radius 2 is 1.95 bits per heavy atom. The second kappa shape index (κ2) is 5.35. The predicted molar refractivity (Wildman–Crippen MR) is 76.4 cm³/mol. The highest BCUT2D eigenvalue weighted by molar-refractivity contribution is 6.31. The van der Waals surface area contributed by atoms with Crippen LogP contribution in [0, 0.1) is 5.82 Å². The molecule has 1 N–H and O–H groups in total. The highest BCUT2D eigenvalue weighted by atomic mass is 35.5. The van der Waals surface area contributed by atoms with Crippen LogP contribution in [-0.2, 0) is 19.5 Å². The first-order valence-electron chi connectivity index (χ1n) is 6.43. The summed E-state index contributed by atoms with van der Waals surface area (Å²) in [7, 11) is 0. The molecule has 0 aliphatic carbocycles. The lowest BCUT2D eigenvalue weighted by atomic mass is 9.99. The van der Waals surface area contributed by atoms with Crippen LogP contribution in [0.25, 0.3) is 0 Å². The van der Waals surface area contributed by atoms with Crippen LogP contribution in [0.5, 0.6) is 0 Å². The van der Waals surface area contributed by atoms with Gasteiger partial charge in [0, 0.05) is 30.1 Å². The van der Waals surface area contributed by atoms with E-state index >= 15 is 0 Å². The largest absolute Gasteiger partial charge is 0.309 e. The van der Waals surface area contributed by atoms with E-state index in [9.17, 15) is 9.18 Å². The van der Waals surface area contributed by atoms with Crippen LogP contribution < -0.4 is 5.32 Å². The first kappa shape index (κ1) is 13.3. The molecule has 0 bridgehead atoms. The van der Waals surface area contributed by atoms with Crippen LogP contribution in [0.3, 0.4) is 0 Å². The standard InChI is InChI=1S/C16H13ClFNO/c17-15-4-3-14(18)6-12(15)7-16(20)10-1-2-11-8-19-9-13(11)5-10/h1-6,19H,7-9H2. The van der Waals surface area contributed by atoms with Gasteiger partial charge in [0.1, 0.15) is 5.82 Å². The normalized spacial score (nSPS) is 13.3.